The molecule has 1 fully saturated rings. The molecule has 5 heteroatoms. The molecule has 2 aromatic rings. The molecule has 27 heavy (non-hydrogen) atoms. The summed E-state index contributed by atoms with van der Waals surface area (Å²) in [7, 11) is 0. The second-order valence-electron chi connectivity index (χ2n) is 7.08. The van der Waals surface area contributed by atoms with E-state index in [0.717, 1.165) is 18.7 Å². The fourth-order valence-corrected chi connectivity index (χ4v) is 3.53. The van der Waals surface area contributed by atoms with Gasteiger partial charge in [0.15, 0.2) is 0 Å². The van der Waals surface area contributed by atoms with E-state index in [4.69, 9.17) is 10.5 Å². The third-order valence-corrected chi connectivity index (χ3v) is 5.27. The van der Waals surface area contributed by atoms with Crippen LogP contribution in [0.2, 0.25) is 0 Å². The third kappa shape index (κ3) is 5.02. The van der Waals surface area contributed by atoms with Gasteiger partial charge in [0.1, 0.15) is 5.75 Å². The van der Waals surface area contributed by atoms with Crippen molar-refractivity contribution in [1.82, 2.24) is 4.90 Å². The number of halogens is 1. The molecule has 1 heterocycles. The van der Waals surface area contributed by atoms with Crippen LogP contribution < -0.4 is 10.5 Å². The Bertz CT molecular complexity index is 721. The third-order valence-electron chi connectivity index (χ3n) is 5.27. The van der Waals surface area contributed by atoms with Gasteiger partial charge in [0.25, 0.3) is 5.91 Å². The number of carbonyl (C=O) groups is 1. The first-order chi connectivity index (χ1) is 12.6. The quantitative estimate of drug-likeness (QED) is 0.810. The smallest absolute Gasteiger partial charge is 0.253 e. The lowest BCUT2D eigenvalue weighted by atomic mass is 9.89. The maximum Gasteiger partial charge on any atom is 0.253 e. The molecule has 0 radical (unpaired) electrons. The summed E-state index contributed by atoms with van der Waals surface area (Å²) in [5.41, 5.74) is 7.95. The highest BCUT2D eigenvalue weighted by Gasteiger charge is 2.35. The zero-order valence-electron chi connectivity index (χ0n) is 16.0. The molecule has 3 atom stereocenters. The van der Waals surface area contributed by atoms with E-state index in [0.29, 0.717) is 30.5 Å². The van der Waals surface area contributed by atoms with E-state index in [-0.39, 0.29) is 24.4 Å². The predicted octanol–water partition coefficient (Wildman–Crippen LogP) is 4.10. The van der Waals surface area contributed by atoms with E-state index in [9.17, 15) is 4.79 Å². The number of nitrogens with zero attached hydrogens (tertiary/aromatic N) is 1. The number of ether oxygens (including phenoxy) is 1. The molecule has 0 saturated carbocycles. The van der Waals surface area contributed by atoms with Gasteiger partial charge in [-0.15, -0.1) is 12.4 Å². The van der Waals surface area contributed by atoms with Crippen molar-refractivity contribution in [1.29, 1.82) is 0 Å². The molecule has 4 nitrogen and oxygen atoms in total. The van der Waals surface area contributed by atoms with Gasteiger partial charge in [-0.05, 0) is 55.6 Å². The van der Waals surface area contributed by atoms with Gasteiger partial charge in [-0.1, -0.05) is 37.3 Å². The van der Waals surface area contributed by atoms with E-state index in [2.05, 4.69) is 19.1 Å². The summed E-state index contributed by atoms with van der Waals surface area (Å²) in [5, 5.41) is 0. The van der Waals surface area contributed by atoms with Gasteiger partial charge in [-0.3, -0.25) is 4.79 Å². The Kier molecular flexibility index (Phi) is 7.69. The van der Waals surface area contributed by atoms with Gasteiger partial charge in [0.2, 0.25) is 0 Å². The van der Waals surface area contributed by atoms with Crippen LogP contribution in [0, 0.1) is 5.92 Å². The Morgan fingerprint density at radius 2 is 1.81 bits per heavy atom. The standard InChI is InChI=1S/C22H28N2O2.ClH/c1-3-16(2)26-20-11-9-18(10-12-20)22(25)24-14-19(13-23)21(15-24)17-7-5-4-6-8-17;/h4-12,16,19,21H,3,13-15,23H2,1-2H3;1H/t16?,19-,21+;/m1./s1. The molecule has 1 amide bonds. The summed E-state index contributed by atoms with van der Waals surface area (Å²) in [6.45, 7) is 6.15. The summed E-state index contributed by atoms with van der Waals surface area (Å²) < 4.78 is 5.79. The molecule has 2 N–H and O–H groups in total. The molecule has 1 aliphatic heterocycles. The highest BCUT2D eigenvalue weighted by molar-refractivity contribution is 5.94. The van der Waals surface area contributed by atoms with E-state index < -0.39 is 0 Å². The maximum absolute atomic E-state index is 12.9. The Morgan fingerprint density at radius 1 is 1.15 bits per heavy atom. The van der Waals surface area contributed by atoms with Crippen LogP contribution in [0.25, 0.3) is 0 Å². The molecule has 0 aliphatic carbocycles. The Hall–Kier alpha value is -2.04. The number of carbonyl (C=O) groups excluding carboxylic acids is 1. The lowest BCUT2D eigenvalue weighted by Crippen LogP contribution is -2.29. The normalized spacial score (nSPS) is 20.0. The summed E-state index contributed by atoms with van der Waals surface area (Å²) in [6.07, 6.45) is 1.13. The molecule has 1 saturated heterocycles. The van der Waals surface area contributed by atoms with Crippen LogP contribution in [0.5, 0.6) is 5.75 Å². The first kappa shape index (κ1) is 21.3. The minimum atomic E-state index is 0. The minimum absolute atomic E-state index is 0. The highest BCUT2D eigenvalue weighted by atomic mass is 35.5. The molecule has 146 valence electrons. The molecule has 0 aromatic heterocycles. The van der Waals surface area contributed by atoms with Gasteiger partial charge in [0, 0.05) is 24.6 Å². The summed E-state index contributed by atoms with van der Waals surface area (Å²) in [6, 6.07) is 17.8. The van der Waals surface area contributed by atoms with E-state index in [1.807, 2.05) is 54.3 Å². The molecule has 3 rings (SSSR count). The summed E-state index contributed by atoms with van der Waals surface area (Å²) >= 11 is 0. The molecular weight excluding hydrogens is 360 g/mol. The van der Waals surface area contributed by atoms with Gasteiger partial charge in [0.05, 0.1) is 6.10 Å². The SMILES string of the molecule is CCC(C)Oc1ccc(C(=O)N2C[C@@H](CN)[C@H](c3ccccc3)C2)cc1.Cl. The van der Waals surface area contributed by atoms with Crippen LogP contribution in [0.15, 0.2) is 54.6 Å². The van der Waals surface area contributed by atoms with Crippen LogP contribution in [-0.2, 0) is 0 Å². The fourth-order valence-electron chi connectivity index (χ4n) is 3.53. The van der Waals surface area contributed by atoms with E-state index in [1.54, 1.807) is 0 Å². The molecule has 0 spiro atoms. The lowest BCUT2D eigenvalue weighted by molar-refractivity contribution is 0.0786. The van der Waals surface area contributed by atoms with Crippen LogP contribution in [-0.4, -0.2) is 36.5 Å². The van der Waals surface area contributed by atoms with Crippen molar-refractivity contribution in [2.45, 2.75) is 32.3 Å². The van der Waals surface area contributed by atoms with Gasteiger partial charge >= 0.3 is 0 Å². The highest BCUT2D eigenvalue weighted by Crippen LogP contribution is 2.33. The van der Waals surface area contributed by atoms with Crippen LogP contribution in [0.3, 0.4) is 0 Å². The molecule has 0 bridgehead atoms. The topological polar surface area (TPSA) is 55.6 Å². The number of likely N-dealkylation sites (tertiary alicyclic amines) is 1. The zero-order chi connectivity index (χ0) is 18.5. The average molecular weight is 389 g/mol. The monoisotopic (exact) mass is 388 g/mol. The van der Waals surface area contributed by atoms with Crippen LogP contribution in [0.1, 0.15) is 42.1 Å². The van der Waals surface area contributed by atoms with E-state index in [1.165, 1.54) is 5.56 Å². The second kappa shape index (κ2) is 9.77. The number of amides is 1. The second-order valence-corrected chi connectivity index (χ2v) is 7.08. The van der Waals surface area contributed by atoms with Gasteiger partial charge < -0.3 is 15.4 Å². The summed E-state index contributed by atoms with van der Waals surface area (Å²) in [4.78, 5) is 14.8. The number of hydrogen-bond donors (Lipinski definition) is 1. The molecule has 1 unspecified atom stereocenters. The van der Waals surface area contributed by atoms with E-state index >= 15 is 0 Å². The minimum Gasteiger partial charge on any atom is -0.491 e. The van der Waals surface area contributed by atoms with Crippen molar-refractivity contribution in [2.24, 2.45) is 11.7 Å². The fraction of sp³-hybridized carbons (Fsp3) is 0.409. The first-order valence-electron chi connectivity index (χ1n) is 9.43. The first-order valence-corrected chi connectivity index (χ1v) is 9.43. The molecular formula is C22H29ClN2O2. The molecule has 1 aliphatic rings. The van der Waals surface area contributed by atoms with Crippen molar-refractivity contribution in [3.63, 3.8) is 0 Å². The van der Waals surface area contributed by atoms with Gasteiger partial charge in [-0.25, -0.2) is 0 Å². The number of hydrogen-bond acceptors (Lipinski definition) is 3. The van der Waals surface area contributed by atoms with Crippen molar-refractivity contribution in [3.8, 4) is 5.75 Å². The predicted molar refractivity (Wildman–Crippen MR) is 112 cm³/mol. The number of rotatable bonds is 6. The van der Waals surface area contributed by atoms with Crippen molar-refractivity contribution in [3.05, 3.63) is 65.7 Å². The Balaban J connectivity index is 0.00000261. The van der Waals surface area contributed by atoms with Crippen molar-refractivity contribution >= 4 is 18.3 Å². The Morgan fingerprint density at radius 3 is 2.41 bits per heavy atom. The van der Waals surface area contributed by atoms with Crippen molar-refractivity contribution < 1.29 is 9.53 Å². The van der Waals surface area contributed by atoms with Crippen LogP contribution >= 0.6 is 12.4 Å². The Labute approximate surface area is 168 Å². The largest absolute Gasteiger partial charge is 0.491 e. The maximum atomic E-state index is 12.9. The van der Waals surface area contributed by atoms with Gasteiger partial charge in [-0.2, -0.15) is 0 Å². The average Bonchev–Trinajstić information content (AvgIpc) is 3.13. The van der Waals surface area contributed by atoms with Crippen molar-refractivity contribution in [2.75, 3.05) is 19.6 Å². The van der Waals surface area contributed by atoms with Crippen LogP contribution in [0.4, 0.5) is 0 Å². The number of nitrogens with two attached hydrogens (primary N) is 1. The lowest BCUT2D eigenvalue weighted by Gasteiger charge is -2.17. The number of benzene rings is 2. The zero-order valence-corrected chi connectivity index (χ0v) is 16.8. The summed E-state index contributed by atoms with van der Waals surface area (Å²) in [5.74, 6) is 1.48. The molecule has 2 aromatic carbocycles.